The molecule has 0 rings (SSSR count). The van der Waals surface area contributed by atoms with Crippen molar-refractivity contribution in [2.24, 2.45) is 0 Å². The fourth-order valence-corrected chi connectivity index (χ4v) is 0. The first kappa shape index (κ1) is 22.5. The number of hydrogen-bond acceptors (Lipinski definition) is 3. The molecule has 7 heteroatoms. The molecular formula is C3H11NaO4PS+. The molecule has 0 spiro atoms. The van der Waals surface area contributed by atoms with E-state index < -0.39 is 8.25 Å². The van der Waals surface area contributed by atoms with Gasteiger partial charge in [-0.15, -0.1) is 0 Å². The first-order valence-corrected chi connectivity index (χ1v) is 5.37. The summed E-state index contributed by atoms with van der Waals surface area (Å²) in [5.41, 5.74) is 0. The second-order valence-corrected chi connectivity index (χ2v) is 4.39. The van der Waals surface area contributed by atoms with Crippen molar-refractivity contribution in [1.82, 2.24) is 0 Å². The van der Waals surface area contributed by atoms with Crippen molar-refractivity contribution in [3.8, 4) is 0 Å². The van der Waals surface area contributed by atoms with Crippen LogP contribution in [0.3, 0.4) is 0 Å². The number of rotatable bonds is 0. The van der Waals surface area contributed by atoms with E-state index in [0.717, 1.165) is 0 Å². The van der Waals surface area contributed by atoms with Gasteiger partial charge < -0.3 is 10.4 Å². The molecule has 0 radical (unpaired) electrons. The van der Waals surface area contributed by atoms with Gasteiger partial charge in [-0.25, -0.2) is 0 Å². The Labute approximate surface area is 86.9 Å². The van der Waals surface area contributed by atoms with Crippen LogP contribution in [0.5, 0.6) is 0 Å². The second-order valence-electron chi connectivity index (χ2n) is 1.46. The van der Waals surface area contributed by atoms with Gasteiger partial charge in [-0.05, 0) is 15.5 Å². The monoisotopic (exact) mass is 197 g/mol. The van der Waals surface area contributed by atoms with Crippen molar-refractivity contribution < 1.29 is 49.4 Å². The zero-order valence-electron chi connectivity index (χ0n) is 6.57. The van der Waals surface area contributed by atoms with Crippen LogP contribution in [0.2, 0.25) is 0 Å². The van der Waals surface area contributed by atoms with E-state index in [4.69, 9.17) is 14.4 Å². The van der Waals surface area contributed by atoms with Gasteiger partial charge >= 0.3 is 37.8 Å². The average Bonchev–Trinajstić information content (AvgIpc) is 1.25. The van der Waals surface area contributed by atoms with Gasteiger partial charge in [0.05, 0.1) is 18.8 Å². The van der Waals surface area contributed by atoms with Crippen molar-refractivity contribution >= 4 is 19.1 Å². The van der Waals surface area contributed by atoms with Gasteiger partial charge in [-0.1, -0.05) is 0 Å². The van der Waals surface area contributed by atoms with E-state index in [0.29, 0.717) is 10.9 Å². The SMILES string of the molecule is C[S+](C)C.O=[P+]([O-])O.[Na+].[OH-]. The molecular weight excluding hydrogens is 186 g/mol. The smallest absolute Gasteiger partial charge is 0.870 e. The molecule has 10 heavy (non-hydrogen) atoms. The minimum absolute atomic E-state index is 0. The normalized spacial score (nSPS) is 8.00. The molecule has 0 heterocycles. The van der Waals surface area contributed by atoms with Gasteiger partial charge in [-0.2, -0.15) is 4.89 Å². The van der Waals surface area contributed by atoms with Crippen molar-refractivity contribution in [3.63, 3.8) is 0 Å². The van der Waals surface area contributed by atoms with E-state index in [9.17, 15) is 0 Å². The summed E-state index contributed by atoms with van der Waals surface area (Å²) in [6, 6.07) is 0. The minimum Gasteiger partial charge on any atom is -0.870 e. The molecule has 2 N–H and O–H groups in total. The maximum Gasteiger partial charge on any atom is 1.00 e. The van der Waals surface area contributed by atoms with Gasteiger partial charge in [0.15, 0.2) is 0 Å². The Bertz CT molecular complexity index is 64.8. The number of hydrogen-bond donors (Lipinski definition) is 1. The maximum absolute atomic E-state index is 8.59. The summed E-state index contributed by atoms with van der Waals surface area (Å²) in [5, 5.41) is 0. The van der Waals surface area contributed by atoms with Crippen LogP contribution in [-0.4, -0.2) is 29.1 Å². The molecule has 1 unspecified atom stereocenters. The quantitative estimate of drug-likeness (QED) is 0.246. The molecule has 0 aromatic heterocycles. The van der Waals surface area contributed by atoms with Gasteiger partial charge in [0.1, 0.15) is 0 Å². The maximum atomic E-state index is 8.59. The fourth-order valence-electron chi connectivity index (χ4n) is 0. The first-order valence-electron chi connectivity index (χ1n) is 1.79. The Balaban J connectivity index is -0.0000000300. The summed E-state index contributed by atoms with van der Waals surface area (Å²) in [4.78, 5) is 15.6. The zero-order chi connectivity index (χ0) is 7.15. The summed E-state index contributed by atoms with van der Waals surface area (Å²) < 4.78 is 8.59. The molecule has 0 aliphatic rings. The molecule has 0 aliphatic heterocycles. The summed E-state index contributed by atoms with van der Waals surface area (Å²) in [6.07, 6.45) is 6.58. The Morgan fingerprint density at radius 2 is 1.40 bits per heavy atom. The molecule has 1 atom stereocenters. The van der Waals surface area contributed by atoms with Crippen LogP contribution in [0.15, 0.2) is 0 Å². The third-order valence-electron chi connectivity index (χ3n) is 0. The fraction of sp³-hybridized carbons (Fsp3) is 1.00. The molecule has 0 aliphatic carbocycles. The minimum atomic E-state index is -3.12. The molecule has 0 saturated carbocycles. The van der Waals surface area contributed by atoms with Crippen LogP contribution in [0.25, 0.3) is 0 Å². The predicted molar refractivity (Wildman–Crippen MR) is 36.9 cm³/mol. The van der Waals surface area contributed by atoms with Crippen LogP contribution < -0.4 is 34.5 Å². The van der Waals surface area contributed by atoms with Crippen LogP contribution in [0, 0.1) is 0 Å². The Kier molecular flexibility index (Phi) is 37.7. The Morgan fingerprint density at radius 1 is 1.40 bits per heavy atom. The molecule has 0 bridgehead atoms. The topological polar surface area (TPSA) is 90.4 Å². The van der Waals surface area contributed by atoms with Gasteiger partial charge in [-0.3, -0.25) is 0 Å². The largest absolute Gasteiger partial charge is 1.00 e. The van der Waals surface area contributed by atoms with E-state index in [2.05, 4.69) is 18.8 Å². The molecule has 0 aromatic rings. The van der Waals surface area contributed by atoms with Crippen LogP contribution in [0.1, 0.15) is 0 Å². The van der Waals surface area contributed by atoms with Crippen LogP contribution in [-0.2, 0) is 15.5 Å². The van der Waals surface area contributed by atoms with Crippen molar-refractivity contribution in [2.75, 3.05) is 18.8 Å². The summed E-state index contributed by atoms with van der Waals surface area (Å²) >= 11 is 0. The summed E-state index contributed by atoms with van der Waals surface area (Å²) in [7, 11) is -2.48. The van der Waals surface area contributed by atoms with Crippen molar-refractivity contribution in [2.45, 2.75) is 0 Å². The molecule has 4 nitrogen and oxygen atoms in total. The molecule has 0 fully saturated rings. The van der Waals surface area contributed by atoms with E-state index in [1.165, 1.54) is 0 Å². The Hall–Kier alpha value is 1.33. The Morgan fingerprint density at radius 3 is 1.40 bits per heavy atom. The molecule has 0 amide bonds. The first-order chi connectivity index (χ1) is 3.46. The second kappa shape index (κ2) is 16.7. The molecule has 0 saturated heterocycles. The van der Waals surface area contributed by atoms with Crippen LogP contribution >= 0.6 is 8.25 Å². The summed E-state index contributed by atoms with van der Waals surface area (Å²) in [6.45, 7) is 0. The van der Waals surface area contributed by atoms with Crippen LogP contribution in [0.4, 0.5) is 0 Å². The molecule has 0 aromatic carbocycles. The summed E-state index contributed by atoms with van der Waals surface area (Å²) in [5.74, 6) is 0. The molecule has 58 valence electrons. The van der Waals surface area contributed by atoms with E-state index in [1.807, 2.05) is 0 Å². The average molecular weight is 197 g/mol. The van der Waals surface area contributed by atoms with E-state index in [-0.39, 0.29) is 35.0 Å². The van der Waals surface area contributed by atoms with E-state index >= 15 is 0 Å². The van der Waals surface area contributed by atoms with Gasteiger partial charge in [0.2, 0.25) is 0 Å². The van der Waals surface area contributed by atoms with Crippen molar-refractivity contribution in [3.05, 3.63) is 0 Å². The standard InChI is InChI=1S/C3H9S.Na.HO3P.H2O/c1-4(2)3;;1-4(2)3;/h1-3H3;;(H,1,2,3);1H2/q2*+1;;/p-1. The third kappa shape index (κ3) is 366. The van der Waals surface area contributed by atoms with Gasteiger partial charge in [0.25, 0.3) is 0 Å². The third-order valence-corrected chi connectivity index (χ3v) is 0. The van der Waals surface area contributed by atoms with Gasteiger partial charge in [0, 0.05) is 0 Å². The van der Waals surface area contributed by atoms with Crippen molar-refractivity contribution in [1.29, 1.82) is 0 Å². The zero-order valence-corrected chi connectivity index (χ0v) is 10.3. The predicted octanol–water partition coefficient (Wildman–Crippen LogP) is -3.68. The van der Waals surface area contributed by atoms with E-state index in [1.54, 1.807) is 0 Å².